The first kappa shape index (κ1) is 26.2. The molecule has 0 bridgehead atoms. The smallest absolute Gasteiger partial charge is 0.343 e. The van der Waals surface area contributed by atoms with Gasteiger partial charge in [-0.1, -0.05) is 11.6 Å². The van der Waals surface area contributed by atoms with Gasteiger partial charge in [0.05, 0.1) is 32.0 Å². The largest absolute Gasteiger partial charge is 0.497 e. The van der Waals surface area contributed by atoms with Gasteiger partial charge in [-0.05, 0) is 79.2 Å². The average Bonchev–Trinajstić information content (AvgIpc) is 2.89. The molecule has 0 radical (unpaired) electrons. The predicted octanol–water partition coefficient (Wildman–Crippen LogP) is 3.85. The van der Waals surface area contributed by atoms with Gasteiger partial charge in [-0.3, -0.25) is 9.59 Å². The Hall–Kier alpha value is -4.37. The molecule has 3 aromatic rings. The Morgan fingerprint density at radius 3 is 2.31 bits per heavy atom. The van der Waals surface area contributed by atoms with Crippen LogP contribution in [0.25, 0.3) is 0 Å². The Labute approximate surface area is 213 Å². The van der Waals surface area contributed by atoms with Gasteiger partial charge in [0.2, 0.25) is 0 Å². The molecular formula is C26H24ClN3O6. The number of hydrazone groups is 1. The molecule has 0 saturated heterocycles. The lowest BCUT2D eigenvalue weighted by molar-refractivity contribution is -0.120. The third kappa shape index (κ3) is 7.57. The highest BCUT2D eigenvalue weighted by molar-refractivity contribution is 6.30. The molecule has 3 rings (SSSR count). The standard InChI is InChI=1S/C26H24ClN3O6/c1-3-35-23-14-17(4-13-22(23)36-26(33)19-7-11-21(34-2)12-8-19)15-29-30-24(31)16-28-25(32)18-5-9-20(27)10-6-18/h4-15H,3,16H2,1-2H3,(H,28,32)(H,30,31). The van der Waals surface area contributed by atoms with E-state index in [1.165, 1.54) is 6.21 Å². The summed E-state index contributed by atoms with van der Waals surface area (Å²) in [6.07, 6.45) is 1.40. The van der Waals surface area contributed by atoms with Crippen molar-refractivity contribution in [3.8, 4) is 17.2 Å². The quantitative estimate of drug-likeness (QED) is 0.186. The van der Waals surface area contributed by atoms with Gasteiger partial charge < -0.3 is 19.5 Å². The number of carbonyl (C=O) groups is 3. The van der Waals surface area contributed by atoms with E-state index < -0.39 is 17.8 Å². The van der Waals surface area contributed by atoms with Crippen molar-refractivity contribution in [3.63, 3.8) is 0 Å². The van der Waals surface area contributed by atoms with Crippen molar-refractivity contribution in [2.75, 3.05) is 20.3 Å². The molecule has 36 heavy (non-hydrogen) atoms. The number of hydrogen-bond acceptors (Lipinski definition) is 7. The molecule has 186 valence electrons. The minimum Gasteiger partial charge on any atom is -0.497 e. The van der Waals surface area contributed by atoms with E-state index in [9.17, 15) is 14.4 Å². The SMILES string of the molecule is CCOc1cc(C=NNC(=O)CNC(=O)c2ccc(Cl)cc2)ccc1OC(=O)c1ccc(OC)cc1. The number of carbonyl (C=O) groups excluding carboxylic acids is 3. The average molecular weight is 510 g/mol. The summed E-state index contributed by atoms with van der Waals surface area (Å²) in [6.45, 7) is 1.88. The molecule has 0 fully saturated rings. The lowest BCUT2D eigenvalue weighted by Crippen LogP contribution is -2.34. The summed E-state index contributed by atoms with van der Waals surface area (Å²) in [5.41, 5.74) is 3.66. The number of rotatable bonds is 10. The van der Waals surface area contributed by atoms with Crippen molar-refractivity contribution >= 4 is 35.6 Å². The number of nitrogens with one attached hydrogen (secondary N) is 2. The summed E-state index contributed by atoms with van der Waals surface area (Å²) in [5.74, 6) is -0.265. The highest BCUT2D eigenvalue weighted by Crippen LogP contribution is 2.29. The van der Waals surface area contributed by atoms with Gasteiger partial charge in [0.1, 0.15) is 5.75 Å². The molecule has 0 aliphatic heterocycles. The Balaban J connectivity index is 1.56. The number of halogens is 1. The van der Waals surface area contributed by atoms with Gasteiger partial charge in [0.15, 0.2) is 11.5 Å². The Bertz CT molecular complexity index is 1240. The molecule has 0 saturated carbocycles. The Kier molecular flexibility index (Phi) is 9.41. The lowest BCUT2D eigenvalue weighted by atomic mass is 10.2. The molecule has 0 heterocycles. The third-order valence-corrected chi connectivity index (χ3v) is 4.97. The number of benzene rings is 3. The molecule has 0 atom stereocenters. The van der Waals surface area contributed by atoms with Crippen LogP contribution in [0.2, 0.25) is 5.02 Å². The van der Waals surface area contributed by atoms with E-state index in [-0.39, 0.29) is 12.3 Å². The van der Waals surface area contributed by atoms with Gasteiger partial charge in [-0.15, -0.1) is 0 Å². The van der Waals surface area contributed by atoms with Crippen LogP contribution in [0.5, 0.6) is 17.2 Å². The summed E-state index contributed by atoms with van der Waals surface area (Å²) < 4.78 is 16.2. The van der Waals surface area contributed by atoms with Crippen LogP contribution in [0.15, 0.2) is 71.8 Å². The van der Waals surface area contributed by atoms with E-state index in [0.29, 0.717) is 39.8 Å². The summed E-state index contributed by atoms with van der Waals surface area (Å²) in [6, 6.07) is 17.7. The molecule has 3 aromatic carbocycles. The van der Waals surface area contributed by atoms with Crippen molar-refractivity contribution in [1.29, 1.82) is 0 Å². The molecule has 0 unspecified atom stereocenters. The van der Waals surface area contributed by atoms with E-state index in [1.54, 1.807) is 80.8 Å². The molecular weight excluding hydrogens is 486 g/mol. The Morgan fingerprint density at radius 2 is 1.64 bits per heavy atom. The minimum absolute atomic E-state index is 0.240. The summed E-state index contributed by atoms with van der Waals surface area (Å²) >= 11 is 5.80. The van der Waals surface area contributed by atoms with E-state index >= 15 is 0 Å². The fourth-order valence-electron chi connectivity index (χ4n) is 2.93. The van der Waals surface area contributed by atoms with E-state index in [1.807, 2.05) is 0 Å². The van der Waals surface area contributed by atoms with Gasteiger partial charge in [-0.25, -0.2) is 10.2 Å². The molecule has 9 nitrogen and oxygen atoms in total. The first-order chi connectivity index (χ1) is 17.4. The van der Waals surface area contributed by atoms with Crippen LogP contribution in [0.1, 0.15) is 33.2 Å². The first-order valence-corrected chi connectivity index (χ1v) is 11.3. The van der Waals surface area contributed by atoms with Crippen molar-refractivity contribution in [1.82, 2.24) is 10.7 Å². The number of amides is 2. The molecule has 10 heteroatoms. The van der Waals surface area contributed by atoms with E-state index in [2.05, 4.69) is 15.8 Å². The number of nitrogens with zero attached hydrogens (tertiary/aromatic N) is 1. The molecule has 0 aromatic heterocycles. The summed E-state index contributed by atoms with van der Waals surface area (Å²) in [4.78, 5) is 36.5. The van der Waals surface area contributed by atoms with Crippen LogP contribution >= 0.6 is 11.6 Å². The van der Waals surface area contributed by atoms with Gasteiger partial charge in [0.25, 0.3) is 11.8 Å². The van der Waals surface area contributed by atoms with Crippen molar-refractivity contribution < 1.29 is 28.6 Å². The molecule has 2 amide bonds. The normalized spacial score (nSPS) is 10.5. The van der Waals surface area contributed by atoms with Gasteiger partial charge >= 0.3 is 5.97 Å². The van der Waals surface area contributed by atoms with Crippen LogP contribution in [0.4, 0.5) is 0 Å². The fraction of sp³-hybridized carbons (Fsp3) is 0.154. The zero-order chi connectivity index (χ0) is 25.9. The molecule has 2 N–H and O–H groups in total. The number of esters is 1. The molecule has 0 aliphatic rings. The number of hydrogen-bond donors (Lipinski definition) is 2. The minimum atomic E-state index is -0.548. The first-order valence-electron chi connectivity index (χ1n) is 10.9. The summed E-state index contributed by atoms with van der Waals surface area (Å²) in [7, 11) is 1.54. The third-order valence-electron chi connectivity index (χ3n) is 4.71. The zero-order valence-electron chi connectivity index (χ0n) is 19.6. The van der Waals surface area contributed by atoms with Crippen LogP contribution in [0.3, 0.4) is 0 Å². The predicted molar refractivity (Wildman–Crippen MR) is 135 cm³/mol. The maximum atomic E-state index is 12.5. The van der Waals surface area contributed by atoms with Crippen LogP contribution in [-0.2, 0) is 4.79 Å². The lowest BCUT2D eigenvalue weighted by Gasteiger charge is -2.11. The zero-order valence-corrected chi connectivity index (χ0v) is 20.4. The second-order valence-electron chi connectivity index (χ2n) is 7.24. The number of ether oxygens (including phenoxy) is 3. The maximum absolute atomic E-state index is 12.5. The Morgan fingerprint density at radius 1 is 0.944 bits per heavy atom. The van der Waals surface area contributed by atoms with E-state index in [4.69, 9.17) is 25.8 Å². The number of methoxy groups -OCH3 is 1. The van der Waals surface area contributed by atoms with Crippen LogP contribution < -0.4 is 25.0 Å². The fourth-order valence-corrected chi connectivity index (χ4v) is 3.05. The molecule has 0 aliphatic carbocycles. The van der Waals surface area contributed by atoms with Gasteiger partial charge in [-0.2, -0.15) is 5.10 Å². The van der Waals surface area contributed by atoms with Crippen LogP contribution in [0, 0.1) is 0 Å². The highest BCUT2D eigenvalue weighted by atomic mass is 35.5. The monoisotopic (exact) mass is 509 g/mol. The van der Waals surface area contributed by atoms with Gasteiger partial charge in [0, 0.05) is 10.6 Å². The molecule has 0 spiro atoms. The van der Waals surface area contributed by atoms with Crippen molar-refractivity contribution in [3.05, 3.63) is 88.4 Å². The second kappa shape index (κ2) is 12.9. The second-order valence-corrected chi connectivity index (χ2v) is 7.68. The van der Waals surface area contributed by atoms with Crippen LogP contribution in [-0.4, -0.2) is 44.3 Å². The highest BCUT2D eigenvalue weighted by Gasteiger charge is 2.14. The maximum Gasteiger partial charge on any atom is 0.343 e. The van der Waals surface area contributed by atoms with E-state index in [0.717, 1.165) is 0 Å². The van der Waals surface area contributed by atoms with Crippen molar-refractivity contribution in [2.45, 2.75) is 6.92 Å². The topological polar surface area (TPSA) is 115 Å². The summed E-state index contributed by atoms with van der Waals surface area (Å²) in [5, 5.41) is 6.89. The van der Waals surface area contributed by atoms with Crippen molar-refractivity contribution in [2.24, 2.45) is 5.10 Å².